The van der Waals surface area contributed by atoms with Crippen LogP contribution in [0.4, 0.5) is 5.69 Å². The molecule has 0 saturated carbocycles. The smallest absolute Gasteiger partial charge is 0.271 e. The van der Waals surface area contributed by atoms with Gasteiger partial charge in [-0.3, -0.25) is 10.1 Å². The van der Waals surface area contributed by atoms with Gasteiger partial charge >= 0.3 is 0 Å². The largest absolute Gasteiger partial charge is 0.497 e. The molecule has 0 unspecified atom stereocenters. The van der Waals surface area contributed by atoms with Crippen molar-refractivity contribution in [2.75, 3.05) is 7.11 Å². The van der Waals surface area contributed by atoms with Gasteiger partial charge in [-0.25, -0.2) is 0 Å². The molecular formula is C23H16N2O3S. The number of non-ortho nitro benzene ring substituents is 1. The lowest BCUT2D eigenvalue weighted by atomic mass is 10.1. The van der Waals surface area contributed by atoms with Gasteiger partial charge in [0, 0.05) is 22.2 Å². The number of thiophene rings is 1. The van der Waals surface area contributed by atoms with E-state index in [4.69, 9.17) is 4.74 Å². The average molecular weight is 400 g/mol. The molecule has 6 heteroatoms. The minimum Gasteiger partial charge on any atom is -0.497 e. The van der Waals surface area contributed by atoms with Crippen LogP contribution in [-0.2, 0) is 0 Å². The summed E-state index contributed by atoms with van der Waals surface area (Å²) >= 11 is 1.72. The van der Waals surface area contributed by atoms with E-state index in [1.807, 2.05) is 42.5 Å². The highest BCUT2D eigenvalue weighted by molar-refractivity contribution is 7.25. The van der Waals surface area contributed by atoms with E-state index >= 15 is 0 Å². The van der Waals surface area contributed by atoms with Crippen LogP contribution in [0.5, 0.6) is 5.75 Å². The number of nitrogens with zero attached hydrogens (tertiary/aromatic N) is 2. The number of nitro groups is 1. The van der Waals surface area contributed by atoms with Crippen molar-refractivity contribution in [1.82, 2.24) is 4.57 Å². The number of benzene rings is 3. The molecule has 0 aliphatic heterocycles. The molecule has 29 heavy (non-hydrogen) atoms. The number of rotatable bonds is 4. The van der Waals surface area contributed by atoms with E-state index in [2.05, 4.69) is 22.8 Å². The molecule has 0 radical (unpaired) electrons. The predicted octanol–water partition coefficient (Wildman–Crippen LogP) is 6.43. The summed E-state index contributed by atoms with van der Waals surface area (Å²) in [6.07, 6.45) is 0. The number of aromatic nitrogens is 1. The predicted molar refractivity (Wildman–Crippen MR) is 117 cm³/mol. The zero-order valence-corrected chi connectivity index (χ0v) is 16.3. The summed E-state index contributed by atoms with van der Waals surface area (Å²) in [5.41, 5.74) is 3.91. The third-order valence-corrected chi connectivity index (χ3v) is 6.12. The third-order valence-electron chi connectivity index (χ3n) is 5.01. The number of nitro benzene ring substituents is 1. The second-order valence-electron chi connectivity index (χ2n) is 6.68. The van der Waals surface area contributed by atoms with Crippen LogP contribution in [0.2, 0.25) is 0 Å². The van der Waals surface area contributed by atoms with Gasteiger partial charge in [-0.2, -0.15) is 0 Å². The molecule has 5 rings (SSSR count). The minimum atomic E-state index is -0.358. The van der Waals surface area contributed by atoms with Crippen molar-refractivity contribution >= 4 is 37.3 Å². The Labute approximate surface area is 170 Å². The number of hydrogen-bond acceptors (Lipinski definition) is 4. The first-order chi connectivity index (χ1) is 14.2. The molecule has 0 atom stereocenters. The van der Waals surface area contributed by atoms with Gasteiger partial charge in [0.05, 0.1) is 33.6 Å². The molecule has 0 aliphatic rings. The van der Waals surface area contributed by atoms with Gasteiger partial charge in [-0.05, 0) is 48.0 Å². The Hall–Kier alpha value is -3.64. The van der Waals surface area contributed by atoms with Crippen molar-refractivity contribution in [2.24, 2.45) is 0 Å². The lowest BCUT2D eigenvalue weighted by Gasteiger charge is -2.12. The highest BCUT2D eigenvalue weighted by Gasteiger charge is 2.18. The molecule has 0 aliphatic carbocycles. The summed E-state index contributed by atoms with van der Waals surface area (Å²) < 4.78 is 9.73. The van der Waals surface area contributed by atoms with E-state index in [9.17, 15) is 10.1 Å². The molecule has 142 valence electrons. The summed E-state index contributed by atoms with van der Waals surface area (Å²) in [6.45, 7) is 0. The van der Waals surface area contributed by atoms with E-state index < -0.39 is 0 Å². The Kier molecular flexibility index (Phi) is 4.07. The Morgan fingerprint density at radius 3 is 2.48 bits per heavy atom. The minimum absolute atomic E-state index is 0.0737. The summed E-state index contributed by atoms with van der Waals surface area (Å²) in [7, 11) is 1.64. The van der Waals surface area contributed by atoms with Gasteiger partial charge in [-0.1, -0.05) is 24.3 Å². The summed E-state index contributed by atoms with van der Waals surface area (Å²) in [5.74, 6) is 0.787. The molecule has 0 amide bonds. The fraction of sp³-hybridized carbons (Fsp3) is 0.0435. The maximum absolute atomic E-state index is 11.4. The molecule has 2 aromatic heterocycles. The van der Waals surface area contributed by atoms with Crippen LogP contribution in [-0.4, -0.2) is 16.6 Å². The number of hydrogen-bond donors (Lipinski definition) is 0. The van der Waals surface area contributed by atoms with Crippen LogP contribution in [0, 0.1) is 10.1 Å². The Morgan fingerprint density at radius 1 is 0.931 bits per heavy atom. The van der Waals surface area contributed by atoms with Crippen LogP contribution in [0.3, 0.4) is 0 Å². The fourth-order valence-corrected chi connectivity index (χ4v) is 4.80. The molecule has 0 spiro atoms. The van der Waals surface area contributed by atoms with Crippen molar-refractivity contribution in [1.29, 1.82) is 0 Å². The normalized spacial score (nSPS) is 11.2. The van der Waals surface area contributed by atoms with Crippen molar-refractivity contribution in [3.63, 3.8) is 0 Å². The zero-order valence-electron chi connectivity index (χ0n) is 15.5. The summed E-state index contributed by atoms with van der Waals surface area (Å²) in [4.78, 5) is 11.0. The van der Waals surface area contributed by atoms with Gasteiger partial charge in [0.25, 0.3) is 5.69 Å². The SMILES string of the molecule is COc1ccc(-c2cc3sc4ccccc4c3n2-c2cccc([N+](=O)[O-])c2)cc1. The van der Waals surface area contributed by atoms with Crippen LogP contribution in [0.15, 0.2) is 78.9 Å². The van der Waals surface area contributed by atoms with Crippen molar-refractivity contribution in [3.05, 3.63) is 89.0 Å². The van der Waals surface area contributed by atoms with Gasteiger partial charge < -0.3 is 9.30 Å². The van der Waals surface area contributed by atoms with E-state index in [0.717, 1.165) is 38.3 Å². The number of methoxy groups -OCH3 is 1. The lowest BCUT2D eigenvalue weighted by Crippen LogP contribution is -1.98. The monoisotopic (exact) mass is 400 g/mol. The first-order valence-corrected chi connectivity index (χ1v) is 9.89. The van der Waals surface area contributed by atoms with E-state index in [1.54, 1.807) is 30.6 Å². The van der Waals surface area contributed by atoms with Gasteiger partial charge in [-0.15, -0.1) is 11.3 Å². The van der Waals surface area contributed by atoms with Crippen LogP contribution in [0.25, 0.3) is 37.2 Å². The van der Waals surface area contributed by atoms with Crippen molar-refractivity contribution in [3.8, 4) is 22.7 Å². The fourth-order valence-electron chi connectivity index (χ4n) is 3.68. The van der Waals surface area contributed by atoms with Crippen molar-refractivity contribution < 1.29 is 9.66 Å². The molecular weight excluding hydrogens is 384 g/mol. The zero-order chi connectivity index (χ0) is 20.0. The summed E-state index contributed by atoms with van der Waals surface area (Å²) in [6, 6.07) is 25.0. The van der Waals surface area contributed by atoms with Gasteiger partial charge in [0.1, 0.15) is 5.75 Å². The molecule has 0 saturated heterocycles. The topological polar surface area (TPSA) is 57.3 Å². The third kappa shape index (κ3) is 2.85. The molecule has 0 N–H and O–H groups in total. The van der Waals surface area contributed by atoms with Gasteiger partial charge in [0.2, 0.25) is 0 Å². The van der Waals surface area contributed by atoms with Crippen LogP contribution < -0.4 is 4.74 Å². The van der Waals surface area contributed by atoms with E-state index in [1.165, 1.54) is 10.8 Å². The first-order valence-electron chi connectivity index (χ1n) is 9.08. The Balaban J connectivity index is 1.84. The molecule has 2 heterocycles. The van der Waals surface area contributed by atoms with Crippen LogP contribution >= 0.6 is 11.3 Å². The molecule has 0 fully saturated rings. The molecule has 3 aromatic carbocycles. The summed E-state index contributed by atoms with van der Waals surface area (Å²) in [5, 5.41) is 12.5. The maximum atomic E-state index is 11.4. The van der Waals surface area contributed by atoms with E-state index in [-0.39, 0.29) is 10.6 Å². The van der Waals surface area contributed by atoms with Gasteiger partial charge in [0.15, 0.2) is 0 Å². The number of fused-ring (bicyclic) bond motifs is 3. The average Bonchev–Trinajstić information content (AvgIpc) is 3.30. The maximum Gasteiger partial charge on any atom is 0.271 e. The lowest BCUT2D eigenvalue weighted by molar-refractivity contribution is -0.384. The quantitative estimate of drug-likeness (QED) is 0.258. The number of ether oxygens (including phenoxy) is 1. The highest BCUT2D eigenvalue weighted by Crippen LogP contribution is 2.41. The second-order valence-corrected chi connectivity index (χ2v) is 7.77. The van der Waals surface area contributed by atoms with Crippen molar-refractivity contribution in [2.45, 2.75) is 0 Å². The van der Waals surface area contributed by atoms with E-state index in [0.29, 0.717) is 0 Å². The highest BCUT2D eigenvalue weighted by atomic mass is 32.1. The standard InChI is InChI=1S/C23H16N2O3S/c1-28-18-11-9-15(10-12-18)20-14-22-23(19-7-2-3-8-21(19)29-22)24(20)16-5-4-6-17(13-16)25(26)27/h2-14H,1H3. The Morgan fingerprint density at radius 2 is 1.72 bits per heavy atom. The molecule has 5 nitrogen and oxygen atoms in total. The molecule has 5 aromatic rings. The Bertz CT molecular complexity index is 1370. The first kappa shape index (κ1) is 17.5. The van der Waals surface area contributed by atoms with Crippen LogP contribution in [0.1, 0.15) is 0 Å². The second kappa shape index (κ2) is 6.76. The molecule has 0 bridgehead atoms.